The van der Waals surface area contributed by atoms with Crippen LogP contribution in [0.1, 0.15) is 128 Å². The summed E-state index contributed by atoms with van der Waals surface area (Å²) in [6, 6.07) is 19.7. The number of carbonyl (C=O) groups is 4. The molecule has 324 valence electrons. The van der Waals surface area contributed by atoms with Crippen LogP contribution in [0.2, 0.25) is 0 Å². The maximum Gasteiger partial charge on any atom is 0.335 e. The molecular weight excluding hydrogens is 739 g/mol. The molecule has 1 amide bonds. The van der Waals surface area contributed by atoms with Crippen LogP contribution < -0.4 is 16.4 Å². The third-order valence-corrected chi connectivity index (χ3v) is 10.9. The van der Waals surface area contributed by atoms with Crippen LogP contribution in [0.5, 0.6) is 0 Å². The van der Waals surface area contributed by atoms with E-state index in [-0.39, 0.29) is 24.1 Å². The summed E-state index contributed by atoms with van der Waals surface area (Å²) in [5.41, 5.74) is 7.60. The minimum Gasteiger partial charge on any atom is -0.479 e. The Morgan fingerprint density at radius 2 is 1.14 bits per heavy atom. The number of carbonyl (C=O) groups excluding carboxylic acids is 3. The highest BCUT2D eigenvalue weighted by Crippen LogP contribution is 2.28. The first-order chi connectivity index (χ1) is 28.1. The normalized spacial score (nSPS) is 22.1. The number of methoxy groups -OCH3 is 2. The van der Waals surface area contributed by atoms with E-state index in [1.807, 2.05) is 60.7 Å². The standard InChI is InChI=1S/C17H23NO4.C12H23N.C10H13NO2.C7H12O3/c1-3-4-10-14-15(22-14)16(19)18-13(17(20)21-2)11-12-8-6-5-7-9-12;1-3-7-11(8-4-1)13-12-9-5-2-6-10-12;1-13-10(12)9(11)7-8-5-3-2-4-6-8;1-2-3-4-5-6(10-5)7(8)9/h5-9,13-15H,3-4,10-11H2,1-2H3,(H,18,19);11-13H,1-10H2;2-6,9H,7,11H2,1H3;5-6H,2-4H2,1H3,(H,8,9)/t13-,14+,15-;;9-;5-,6+/m0.01/s1. The third kappa shape index (κ3) is 19.3. The number of nitrogens with two attached hydrogens (primary N) is 1. The van der Waals surface area contributed by atoms with Crippen molar-refractivity contribution in [2.75, 3.05) is 14.2 Å². The second-order valence-electron chi connectivity index (χ2n) is 15.7. The highest BCUT2D eigenvalue weighted by atomic mass is 16.6. The predicted molar refractivity (Wildman–Crippen MR) is 225 cm³/mol. The Morgan fingerprint density at radius 1 is 0.690 bits per heavy atom. The molecule has 2 saturated carbocycles. The zero-order chi connectivity index (χ0) is 42.1. The molecule has 4 fully saturated rings. The maximum absolute atomic E-state index is 12.2. The number of hydrogen-bond donors (Lipinski definition) is 4. The Morgan fingerprint density at radius 3 is 1.57 bits per heavy atom. The second-order valence-corrected chi connectivity index (χ2v) is 15.7. The van der Waals surface area contributed by atoms with Crippen molar-refractivity contribution in [1.82, 2.24) is 10.6 Å². The fourth-order valence-electron chi connectivity index (χ4n) is 7.40. The molecule has 0 bridgehead atoms. The molecule has 2 saturated heterocycles. The van der Waals surface area contributed by atoms with Gasteiger partial charge in [0.2, 0.25) is 0 Å². The van der Waals surface area contributed by atoms with Crippen molar-refractivity contribution in [3.05, 3.63) is 71.8 Å². The van der Waals surface area contributed by atoms with Crippen molar-refractivity contribution in [3.8, 4) is 0 Å². The topological polar surface area (TPSA) is 182 Å². The Hall–Kier alpha value is -3.84. The lowest BCUT2D eigenvalue weighted by molar-refractivity contribution is -0.145. The average molecular weight is 810 g/mol. The van der Waals surface area contributed by atoms with Gasteiger partial charge in [0, 0.05) is 18.5 Å². The van der Waals surface area contributed by atoms with Gasteiger partial charge < -0.3 is 40.4 Å². The molecule has 2 aliphatic heterocycles. The molecular formula is C46H71N3O9. The fourth-order valence-corrected chi connectivity index (χ4v) is 7.40. The van der Waals surface area contributed by atoms with Gasteiger partial charge in [0.1, 0.15) is 12.1 Å². The van der Waals surface area contributed by atoms with E-state index in [9.17, 15) is 19.2 Å². The Kier molecular flexibility index (Phi) is 23.2. The number of carboxylic acid groups (broad SMARTS) is 1. The number of esters is 2. The minimum atomic E-state index is -0.818. The van der Waals surface area contributed by atoms with E-state index in [0.29, 0.717) is 12.8 Å². The Labute approximate surface area is 346 Å². The van der Waals surface area contributed by atoms with Crippen LogP contribution in [0.3, 0.4) is 0 Å². The van der Waals surface area contributed by atoms with Gasteiger partial charge in [-0.2, -0.15) is 0 Å². The number of unbranched alkanes of at least 4 members (excludes halogenated alkanes) is 2. The van der Waals surface area contributed by atoms with Crippen molar-refractivity contribution >= 4 is 23.8 Å². The monoisotopic (exact) mass is 810 g/mol. The smallest absolute Gasteiger partial charge is 0.335 e. The molecule has 0 unspecified atom stereocenters. The first kappa shape index (κ1) is 48.5. The SMILES string of the molecule is C1CCC(NC2CCCCC2)CC1.CCCC[C@H]1O[C@@H]1C(=O)N[C@@H](Cc1ccccc1)C(=O)OC.CCCC[C@H]1O[C@@H]1C(=O)O.COC(=O)[C@@H](N)Cc1ccccc1. The van der Waals surface area contributed by atoms with Gasteiger partial charge in [-0.1, -0.05) is 139 Å². The molecule has 5 N–H and O–H groups in total. The van der Waals surface area contributed by atoms with Crippen LogP contribution >= 0.6 is 0 Å². The summed E-state index contributed by atoms with van der Waals surface area (Å²) in [7, 11) is 2.66. The summed E-state index contributed by atoms with van der Waals surface area (Å²) >= 11 is 0. The molecule has 6 rings (SSSR count). The molecule has 2 aromatic rings. The lowest BCUT2D eigenvalue weighted by atomic mass is 9.91. The minimum absolute atomic E-state index is 0.00466. The number of nitrogens with one attached hydrogen (secondary N) is 2. The lowest BCUT2D eigenvalue weighted by Gasteiger charge is -2.30. The number of hydrogen-bond acceptors (Lipinski definition) is 10. The number of carboxylic acids is 1. The molecule has 2 aromatic carbocycles. The molecule has 2 aliphatic carbocycles. The van der Waals surface area contributed by atoms with Crippen LogP contribution in [-0.2, 0) is 51.0 Å². The van der Waals surface area contributed by atoms with Gasteiger partial charge in [0.15, 0.2) is 12.2 Å². The number of benzene rings is 2. The van der Waals surface area contributed by atoms with E-state index in [1.165, 1.54) is 78.4 Å². The summed E-state index contributed by atoms with van der Waals surface area (Å²) in [6.45, 7) is 4.18. The maximum atomic E-state index is 12.2. The molecule has 12 nitrogen and oxygen atoms in total. The van der Waals surface area contributed by atoms with E-state index in [4.69, 9.17) is 25.1 Å². The molecule has 0 radical (unpaired) electrons. The van der Waals surface area contributed by atoms with Gasteiger partial charge in [-0.15, -0.1) is 0 Å². The van der Waals surface area contributed by atoms with E-state index in [0.717, 1.165) is 61.7 Å². The van der Waals surface area contributed by atoms with Gasteiger partial charge in [-0.3, -0.25) is 9.59 Å². The van der Waals surface area contributed by atoms with Crippen LogP contribution in [0.25, 0.3) is 0 Å². The molecule has 0 aromatic heterocycles. The summed E-state index contributed by atoms with van der Waals surface area (Å²) in [4.78, 5) is 45.2. The number of epoxide rings is 2. The van der Waals surface area contributed by atoms with E-state index < -0.39 is 36.2 Å². The zero-order valence-corrected chi connectivity index (χ0v) is 35.4. The van der Waals surface area contributed by atoms with Crippen LogP contribution in [-0.4, -0.2) is 91.7 Å². The first-order valence-electron chi connectivity index (χ1n) is 21.7. The number of rotatable bonds is 17. The quantitative estimate of drug-likeness (QED) is 0.0970. The zero-order valence-electron chi connectivity index (χ0n) is 35.4. The van der Waals surface area contributed by atoms with Gasteiger partial charge in [0.25, 0.3) is 5.91 Å². The molecule has 4 aliphatic rings. The van der Waals surface area contributed by atoms with Gasteiger partial charge in [0.05, 0.1) is 26.4 Å². The van der Waals surface area contributed by atoms with Gasteiger partial charge >= 0.3 is 17.9 Å². The number of aliphatic carboxylic acids is 1. The third-order valence-electron chi connectivity index (χ3n) is 10.9. The molecule has 0 spiro atoms. The van der Waals surface area contributed by atoms with Gasteiger partial charge in [-0.05, 0) is 56.1 Å². The van der Waals surface area contributed by atoms with Crippen LogP contribution in [0, 0.1) is 0 Å². The van der Waals surface area contributed by atoms with Crippen LogP contribution in [0.4, 0.5) is 0 Å². The van der Waals surface area contributed by atoms with Crippen molar-refractivity contribution in [2.45, 2.75) is 178 Å². The second kappa shape index (κ2) is 27.8. The molecule has 2 heterocycles. The summed E-state index contributed by atoms with van der Waals surface area (Å²) in [5, 5.41) is 15.0. The van der Waals surface area contributed by atoms with Crippen molar-refractivity contribution in [3.63, 3.8) is 0 Å². The Balaban J connectivity index is 0.000000217. The Bertz CT molecular complexity index is 1430. The van der Waals surface area contributed by atoms with Crippen molar-refractivity contribution in [1.29, 1.82) is 0 Å². The first-order valence-corrected chi connectivity index (χ1v) is 21.7. The van der Waals surface area contributed by atoms with Gasteiger partial charge in [-0.25, -0.2) is 9.59 Å². The number of ether oxygens (including phenoxy) is 4. The molecule has 12 heteroatoms. The summed E-state index contributed by atoms with van der Waals surface area (Å²) in [5.74, 6) is -1.86. The van der Waals surface area contributed by atoms with Crippen molar-refractivity contribution < 1.29 is 43.2 Å². The summed E-state index contributed by atoms with van der Waals surface area (Å²) < 4.78 is 19.6. The van der Waals surface area contributed by atoms with E-state index in [1.54, 1.807) is 0 Å². The molecule has 6 atom stereocenters. The molecule has 58 heavy (non-hydrogen) atoms. The highest BCUT2D eigenvalue weighted by molar-refractivity contribution is 5.88. The number of amides is 1. The van der Waals surface area contributed by atoms with Crippen LogP contribution in [0.15, 0.2) is 60.7 Å². The summed E-state index contributed by atoms with van der Waals surface area (Å²) in [6.07, 6.45) is 20.7. The predicted octanol–water partition coefficient (Wildman–Crippen LogP) is 6.84. The van der Waals surface area contributed by atoms with E-state index >= 15 is 0 Å². The van der Waals surface area contributed by atoms with E-state index in [2.05, 4.69) is 29.2 Å². The van der Waals surface area contributed by atoms with Crippen molar-refractivity contribution in [2.24, 2.45) is 5.73 Å². The lowest BCUT2D eigenvalue weighted by Crippen LogP contribution is -2.45. The fraction of sp³-hybridized carbons (Fsp3) is 0.652. The average Bonchev–Trinajstić information content (AvgIpc) is 4.20. The highest BCUT2D eigenvalue weighted by Gasteiger charge is 2.45. The largest absolute Gasteiger partial charge is 0.479 e.